The SMILES string of the molecule is O=C(O)N1CCC(CC2=CSC3=NCCN23)CC1. The molecule has 0 aromatic carbocycles. The van der Waals surface area contributed by atoms with Crippen molar-refractivity contribution in [1.82, 2.24) is 9.80 Å². The number of fused-ring (bicyclic) bond motifs is 1. The second kappa shape index (κ2) is 4.84. The smallest absolute Gasteiger partial charge is 0.407 e. The Kier molecular flexibility index (Phi) is 3.20. The second-order valence-corrected chi connectivity index (χ2v) is 5.80. The van der Waals surface area contributed by atoms with Crippen molar-refractivity contribution in [1.29, 1.82) is 0 Å². The lowest BCUT2D eigenvalue weighted by molar-refractivity contribution is 0.124. The van der Waals surface area contributed by atoms with E-state index in [0.717, 1.165) is 37.5 Å². The Morgan fingerprint density at radius 3 is 2.94 bits per heavy atom. The molecule has 0 spiro atoms. The van der Waals surface area contributed by atoms with Gasteiger partial charge in [0.25, 0.3) is 0 Å². The molecule has 5 nitrogen and oxygen atoms in total. The molecule has 0 atom stereocenters. The van der Waals surface area contributed by atoms with Crippen molar-refractivity contribution in [3.8, 4) is 0 Å². The lowest BCUT2D eigenvalue weighted by Crippen LogP contribution is -2.38. The van der Waals surface area contributed by atoms with Crippen LogP contribution in [0.5, 0.6) is 0 Å². The Morgan fingerprint density at radius 2 is 2.22 bits per heavy atom. The van der Waals surface area contributed by atoms with Gasteiger partial charge in [0.05, 0.1) is 6.54 Å². The molecule has 6 heteroatoms. The summed E-state index contributed by atoms with van der Waals surface area (Å²) in [5.74, 6) is 0.618. The van der Waals surface area contributed by atoms with Crippen molar-refractivity contribution >= 4 is 23.0 Å². The molecule has 1 saturated heterocycles. The van der Waals surface area contributed by atoms with Crippen LogP contribution in [0.4, 0.5) is 4.79 Å². The molecule has 0 radical (unpaired) electrons. The Hall–Kier alpha value is -1.17. The molecule has 0 bridgehead atoms. The number of amidine groups is 1. The van der Waals surface area contributed by atoms with Gasteiger partial charge in [-0.25, -0.2) is 4.79 Å². The molecule has 3 aliphatic rings. The number of piperidine rings is 1. The zero-order chi connectivity index (χ0) is 12.5. The average molecular weight is 267 g/mol. The predicted molar refractivity (Wildman–Crippen MR) is 71.6 cm³/mol. The van der Waals surface area contributed by atoms with Crippen molar-refractivity contribution in [2.24, 2.45) is 10.9 Å². The minimum Gasteiger partial charge on any atom is -0.465 e. The van der Waals surface area contributed by atoms with E-state index in [1.807, 2.05) is 0 Å². The summed E-state index contributed by atoms with van der Waals surface area (Å²) < 4.78 is 0. The van der Waals surface area contributed by atoms with Crippen LogP contribution in [-0.4, -0.2) is 52.3 Å². The summed E-state index contributed by atoms with van der Waals surface area (Å²) in [7, 11) is 0. The number of hydrogen-bond acceptors (Lipinski definition) is 4. The van der Waals surface area contributed by atoms with Crippen LogP contribution in [0.2, 0.25) is 0 Å². The number of nitrogens with zero attached hydrogens (tertiary/aromatic N) is 3. The minimum atomic E-state index is -0.780. The van der Waals surface area contributed by atoms with Crippen LogP contribution in [-0.2, 0) is 0 Å². The normalized spacial score (nSPS) is 24.0. The third-order valence-electron chi connectivity index (χ3n) is 3.83. The van der Waals surface area contributed by atoms with E-state index in [-0.39, 0.29) is 0 Å². The fraction of sp³-hybridized carbons (Fsp3) is 0.667. The summed E-state index contributed by atoms with van der Waals surface area (Å²) in [4.78, 5) is 19.1. The molecular formula is C12H17N3O2S. The third kappa shape index (κ3) is 2.21. The fourth-order valence-corrected chi connectivity index (χ4v) is 3.73. The molecule has 1 fully saturated rings. The number of likely N-dealkylation sites (tertiary alicyclic amines) is 1. The minimum absolute atomic E-state index is 0.618. The molecule has 1 N–H and O–H groups in total. The average Bonchev–Trinajstić information content (AvgIpc) is 2.95. The van der Waals surface area contributed by atoms with Crippen LogP contribution in [0.1, 0.15) is 19.3 Å². The molecule has 1 amide bonds. The van der Waals surface area contributed by atoms with Gasteiger partial charge in [-0.15, -0.1) is 0 Å². The van der Waals surface area contributed by atoms with Crippen molar-refractivity contribution in [3.05, 3.63) is 11.1 Å². The van der Waals surface area contributed by atoms with E-state index in [2.05, 4.69) is 15.3 Å². The standard InChI is InChI=1S/C12H17N3O2S/c16-12(17)14-4-1-9(2-5-14)7-10-8-18-11-13-3-6-15(10)11/h8-9H,1-7H2,(H,16,17). The summed E-state index contributed by atoms with van der Waals surface area (Å²) in [5, 5.41) is 12.3. The Morgan fingerprint density at radius 1 is 1.44 bits per heavy atom. The first kappa shape index (κ1) is 11.9. The first-order valence-electron chi connectivity index (χ1n) is 6.39. The highest BCUT2D eigenvalue weighted by atomic mass is 32.2. The quantitative estimate of drug-likeness (QED) is 0.831. The molecule has 3 rings (SSSR count). The van der Waals surface area contributed by atoms with Crippen molar-refractivity contribution in [2.75, 3.05) is 26.2 Å². The molecule has 0 aliphatic carbocycles. The highest BCUT2D eigenvalue weighted by Crippen LogP contribution is 2.34. The van der Waals surface area contributed by atoms with Gasteiger partial charge in [0.15, 0.2) is 5.17 Å². The zero-order valence-electron chi connectivity index (χ0n) is 10.2. The molecule has 0 aromatic rings. The first-order valence-corrected chi connectivity index (χ1v) is 7.27. The van der Waals surface area contributed by atoms with Crippen molar-refractivity contribution < 1.29 is 9.90 Å². The van der Waals surface area contributed by atoms with E-state index in [4.69, 9.17) is 5.11 Å². The van der Waals surface area contributed by atoms with Crippen LogP contribution in [0.3, 0.4) is 0 Å². The van der Waals surface area contributed by atoms with E-state index in [0.29, 0.717) is 19.0 Å². The number of amides is 1. The van der Waals surface area contributed by atoms with E-state index < -0.39 is 6.09 Å². The van der Waals surface area contributed by atoms with E-state index in [9.17, 15) is 4.79 Å². The summed E-state index contributed by atoms with van der Waals surface area (Å²) in [6, 6.07) is 0. The fourth-order valence-electron chi connectivity index (χ4n) is 2.76. The lowest BCUT2D eigenvalue weighted by atomic mass is 9.92. The summed E-state index contributed by atoms with van der Waals surface area (Å²) >= 11 is 1.72. The topological polar surface area (TPSA) is 56.1 Å². The number of carboxylic acid groups (broad SMARTS) is 1. The molecule has 0 saturated carbocycles. The predicted octanol–water partition coefficient (Wildman–Crippen LogP) is 2.03. The second-order valence-electron chi connectivity index (χ2n) is 4.96. The van der Waals surface area contributed by atoms with Crippen LogP contribution in [0.25, 0.3) is 0 Å². The maximum Gasteiger partial charge on any atom is 0.407 e. The lowest BCUT2D eigenvalue weighted by Gasteiger charge is -2.31. The largest absolute Gasteiger partial charge is 0.465 e. The number of thioether (sulfide) groups is 1. The Labute approximate surface area is 111 Å². The summed E-state index contributed by atoms with van der Waals surface area (Å²) in [6.07, 6.45) is 2.25. The number of aliphatic imine (C=N–C) groups is 1. The van der Waals surface area contributed by atoms with E-state index >= 15 is 0 Å². The van der Waals surface area contributed by atoms with Crippen molar-refractivity contribution in [2.45, 2.75) is 19.3 Å². The Bertz CT molecular complexity index is 414. The van der Waals surface area contributed by atoms with E-state index in [1.54, 1.807) is 11.8 Å². The van der Waals surface area contributed by atoms with Gasteiger partial charge in [-0.2, -0.15) is 0 Å². The molecule has 0 unspecified atom stereocenters. The van der Waals surface area contributed by atoms with Gasteiger partial charge in [-0.05, 0) is 30.6 Å². The van der Waals surface area contributed by atoms with Gasteiger partial charge in [0.2, 0.25) is 0 Å². The van der Waals surface area contributed by atoms with Gasteiger partial charge >= 0.3 is 6.09 Å². The van der Waals surface area contributed by atoms with Crippen LogP contribution in [0.15, 0.2) is 16.1 Å². The first-order chi connectivity index (χ1) is 8.74. The maximum absolute atomic E-state index is 10.8. The van der Waals surface area contributed by atoms with Gasteiger partial charge in [0, 0.05) is 25.3 Å². The van der Waals surface area contributed by atoms with Gasteiger partial charge in [-0.1, -0.05) is 11.8 Å². The van der Waals surface area contributed by atoms with Gasteiger partial charge in [-0.3, -0.25) is 4.99 Å². The highest BCUT2D eigenvalue weighted by Gasteiger charge is 2.29. The number of carbonyl (C=O) groups is 1. The van der Waals surface area contributed by atoms with Gasteiger partial charge < -0.3 is 14.9 Å². The molecular weight excluding hydrogens is 250 g/mol. The monoisotopic (exact) mass is 267 g/mol. The Balaban J connectivity index is 1.53. The number of hydrogen-bond donors (Lipinski definition) is 1. The van der Waals surface area contributed by atoms with Crippen LogP contribution < -0.4 is 0 Å². The zero-order valence-corrected chi connectivity index (χ0v) is 11.0. The maximum atomic E-state index is 10.8. The number of rotatable bonds is 2. The van der Waals surface area contributed by atoms with E-state index in [1.165, 1.54) is 10.6 Å². The molecule has 18 heavy (non-hydrogen) atoms. The van der Waals surface area contributed by atoms with Gasteiger partial charge in [0.1, 0.15) is 0 Å². The summed E-state index contributed by atoms with van der Waals surface area (Å²) in [6.45, 7) is 3.29. The van der Waals surface area contributed by atoms with Crippen molar-refractivity contribution in [3.63, 3.8) is 0 Å². The highest BCUT2D eigenvalue weighted by molar-refractivity contribution is 8.16. The van der Waals surface area contributed by atoms with Crippen LogP contribution >= 0.6 is 11.8 Å². The molecule has 3 aliphatic heterocycles. The molecule has 3 heterocycles. The molecule has 98 valence electrons. The molecule has 0 aromatic heterocycles. The third-order valence-corrected chi connectivity index (χ3v) is 4.78. The number of allylic oxidation sites excluding steroid dienone is 1. The summed E-state index contributed by atoms with van der Waals surface area (Å²) in [5.41, 5.74) is 1.38. The van der Waals surface area contributed by atoms with Crippen LogP contribution in [0, 0.1) is 5.92 Å².